The van der Waals surface area contributed by atoms with Gasteiger partial charge in [-0.05, 0) is 48.6 Å². The van der Waals surface area contributed by atoms with Crippen molar-refractivity contribution in [1.29, 1.82) is 0 Å². The van der Waals surface area contributed by atoms with Gasteiger partial charge in [-0.15, -0.1) is 0 Å². The van der Waals surface area contributed by atoms with E-state index >= 15 is 0 Å². The van der Waals surface area contributed by atoms with E-state index < -0.39 is 40.5 Å². The van der Waals surface area contributed by atoms with Gasteiger partial charge in [-0.1, -0.05) is 24.3 Å². The van der Waals surface area contributed by atoms with E-state index in [4.69, 9.17) is 0 Å². The maximum absolute atomic E-state index is 12.9. The Balaban J connectivity index is 1.41. The third-order valence-electron chi connectivity index (χ3n) is 8.08. The molecule has 1 fully saturated rings. The van der Waals surface area contributed by atoms with E-state index in [-0.39, 0.29) is 77.5 Å². The number of amides is 4. The summed E-state index contributed by atoms with van der Waals surface area (Å²) >= 11 is 0. The van der Waals surface area contributed by atoms with Crippen LogP contribution in [0.2, 0.25) is 0 Å². The van der Waals surface area contributed by atoms with Crippen LogP contribution in [0.25, 0.3) is 0 Å². The third kappa shape index (κ3) is 7.46. The second-order valence-electron chi connectivity index (χ2n) is 11.1. The Morgan fingerprint density at radius 3 is 1.78 bits per heavy atom. The van der Waals surface area contributed by atoms with Crippen LogP contribution in [-0.4, -0.2) is 62.6 Å². The monoisotopic (exact) mass is 630 g/mol. The van der Waals surface area contributed by atoms with Crippen molar-refractivity contribution in [2.24, 2.45) is 11.8 Å². The first kappa shape index (κ1) is 31.6. The standard InChI is InChI=1S/C30H30N8O8/c39-27-21-3-1-4-22(35-21)28(40)32-14-18-8-10-20(26(12-18)38(45)46)16-34-30(42)24-6-2-5-23(36-24)29(41)33-15-19-9-7-17(13-31-27)11-25(19)37(43)44/h1-7,9,11,18,20,26H,8,10,12-16H2,(H,31,39)(H,32,40)(H,33,41)(H,34,42)/t18-,20?,26-/m1/s1. The smallest absolute Gasteiger partial charge is 0.274 e. The third-order valence-corrected chi connectivity index (χ3v) is 8.08. The van der Waals surface area contributed by atoms with Crippen molar-refractivity contribution in [2.45, 2.75) is 38.4 Å². The minimum Gasteiger partial charge on any atom is -0.350 e. The number of carbonyl (C=O) groups is 4. The maximum Gasteiger partial charge on any atom is 0.274 e. The molecule has 1 aliphatic carbocycles. The highest BCUT2D eigenvalue weighted by molar-refractivity contribution is 5.97. The van der Waals surface area contributed by atoms with Crippen molar-refractivity contribution in [3.63, 3.8) is 0 Å². The van der Waals surface area contributed by atoms with E-state index in [0.29, 0.717) is 18.4 Å². The minimum atomic E-state index is -0.956. The number of benzene rings is 1. The molecular formula is C30H30N8O8. The normalized spacial score (nSPS) is 21.0. The van der Waals surface area contributed by atoms with Crippen LogP contribution in [0.5, 0.6) is 0 Å². The first-order valence-corrected chi connectivity index (χ1v) is 14.6. The van der Waals surface area contributed by atoms with Crippen LogP contribution >= 0.6 is 0 Å². The Morgan fingerprint density at radius 2 is 1.22 bits per heavy atom. The summed E-state index contributed by atoms with van der Waals surface area (Å²) < 4.78 is 0. The molecule has 5 aliphatic rings. The quantitative estimate of drug-likeness (QED) is 0.237. The van der Waals surface area contributed by atoms with Crippen LogP contribution in [0, 0.1) is 32.1 Å². The first-order valence-electron chi connectivity index (χ1n) is 14.6. The van der Waals surface area contributed by atoms with Crippen molar-refractivity contribution < 1.29 is 29.0 Å². The molecule has 0 saturated heterocycles. The summed E-state index contributed by atoms with van der Waals surface area (Å²) in [6.07, 6.45) is 1.20. The van der Waals surface area contributed by atoms with Gasteiger partial charge >= 0.3 is 0 Å². The van der Waals surface area contributed by atoms with Crippen molar-refractivity contribution >= 4 is 29.3 Å². The molecule has 0 radical (unpaired) electrons. The van der Waals surface area contributed by atoms with Crippen molar-refractivity contribution in [3.05, 3.63) is 109 Å². The molecule has 238 valence electrons. The van der Waals surface area contributed by atoms with Gasteiger partial charge in [0.2, 0.25) is 6.04 Å². The molecule has 16 nitrogen and oxygen atoms in total. The number of carbonyl (C=O) groups excluding carboxylic acids is 4. The number of aromatic nitrogens is 2. The summed E-state index contributed by atoms with van der Waals surface area (Å²) in [6.45, 7) is -0.124. The molecular weight excluding hydrogens is 600 g/mol. The van der Waals surface area contributed by atoms with E-state index in [2.05, 4.69) is 31.2 Å². The van der Waals surface area contributed by atoms with Crippen LogP contribution in [0.3, 0.4) is 0 Å². The molecule has 8 bridgehead atoms. The van der Waals surface area contributed by atoms with Crippen LogP contribution in [-0.2, 0) is 13.1 Å². The number of nitrogens with one attached hydrogen (secondary N) is 4. The predicted octanol–water partition coefficient (Wildman–Crippen LogP) is 1.78. The molecule has 2 aromatic heterocycles. The van der Waals surface area contributed by atoms with Crippen LogP contribution in [0.4, 0.5) is 5.69 Å². The van der Waals surface area contributed by atoms with Crippen LogP contribution < -0.4 is 21.3 Å². The van der Waals surface area contributed by atoms with Gasteiger partial charge in [-0.2, -0.15) is 0 Å². The molecule has 1 aromatic carbocycles. The fraction of sp³-hybridized carbons (Fsp3) is 0.333. The van der Waals surface area contributed by atoms with Gasteiger partial charge in [0.1, 0.15) is 22.8 Å². The Kier molecular flexibility index (Phi) is 9.54. The van der Waals surface area contributed by atoms with Gasteiger partial charge < -0.3 is 21.3 Å². The number of pyridine rings is 2. The van der Waals surface area contributed by atoms with E-state index in [9.17, 15) is 39.4 Å². The van der Waals surface area contributed by atoms with Crippen molar-refractivity contribution in [2.75, 3.05) is 13.1 Å². The number of hydrogen-bond acceptors (Lipinski definition) is 10. The molecule has 4 aliphatic heterocycles. The van der Waals surface area contributed by atoms with E-state index in [1.165, 1.54) is 48.5 Å². The molecule has 0 spiro atoms. The Bertz CT molecular complexity index is 1710. The number of nitro groups is 2. The van der Waals surface area contributed by atoms with Crippen molar-refractivity contribution in [1.82, 2.24) is 31.2 Å². The fourth-order valence-electron chi connectivity index (χ4n) is 5.57. The predicted molar refractivity (Wildman–Crippen MR) is 160 cm³/mol. The maximum atomic E-state index is 12.9. The Labute approximate surface area is 261 Å². The number of nitro benzene ring substituents is 1. The first-order chi connectivity index (χ1) is 22.1. The molecule has 1 unspecified atom stereocenters. The average Bonchev–Trinajstić information content (AvgIpc) is 3.07. The SMILES string of the molecule is O=C1NCc2ccc(c([N+](=O)[O-])c2)CNC(=O)c2cccc(n2)C(=O)NCC2CC[C@@H](CNC(=O)c3cccc1n3)C[C@H]2[N+](=O)[O-]. The topological polar surface area (TPSA) is 228 Å². The highest BCUT2D eigenvalue weighted by Gasteiger charge is 2.38. The highest BCUT2D eigenvalue weighted by atomic mass is 16.6. The lowest BCUT2D eigenvalue weighted by Crippen LogP contribution is -2.44. The minimum absolute atomic E-state index is 0.0140. The summed E-state index contributed by atoms with van der Waals surface area (Å²) in [4.78, 5) is 82.4. The molecule has 4 N–H and O–H groups in total. The lowest BCUT2D eigenvalue weighted by Gasteiger charge is -2.31. The molecule has 4 amide bonds. The second kappa shape index (κ2) is 13.9. The van der Waals surface area contributed by atoms with Gasteiger partial charge in [0.15, 0.2) is 0 Å². The van der Waals surface area contributed by atoms with Gasteiger partial charge in [0.05, 0.1) is 4.92 Å². The molecule has 6 heterocycles. The number of rotatable bonds is 2. The zero-order chi connectivity index (χ0) is 32.8. The average molecular weight is 631 g/mol. The zero-order valence-electron chi connectivity index (χ0n) is 24.4. The fourth-order valence-corrected chi connectivity index (χ4v) is 5.57. The molecule has 3 atom stereocenters. The summed E-state index contributed by atoms with van der Waals surface area (Å²) in [5, 5.41) is 34.4. The largest absolute Gasteiger partial charge is 0.350 e. The molecule has 46 heavy (non-hydrogen) atoms. The lowest BCUT2D eigenvalue weighted by atomic mass is 9.78. The number of hydrogen-bond donors (Lipinski definition) is 4. The molecule has 16 heteroatoms. The lowest BCUT2D eigenvalue weighted by molar-refractivity contribution is -0.536. The van der Waals surface area contributed by atoms with Gasteiger partial charge in [0.25, 0.3) is 29.3 Å². The van der Waals surface area contributed by atoms with Gasteiger partial charge in [-0.3, -0.25) is 39.4 Å². The second-order valence-corrected chi connectivity index (χ2v) is 11.1. The summed E-state index contributed by atoms with van der Waals surface area (Å²) in [7, 11) is 0. The number of nitrogens with zero attached hydrogens (tertiary/aromatic N) is 4. The summed E-state index contributed by atoms with van der Waals surface area (Å²) in [5.41, 5.74) is 0.0896. The van der Waals surface area contributed by atoms with E-state index in [1.54, 1.807) is 6.07 Å². The van der Waals surface area contributed by atoms with Crippen LogP contribution in [0.15, 0.2) is 54.6 Å². The zero-order valence-corrected chi connectivity index (χ0v) is 24.4. The molecule has 3 aromatic rings. The Hall–Kier alpha value is -5.80. The highest BCUT2D eigenvalue weighted by Crippen LogP contribution is 2.30. The van der Waals surface area contributed by atoms with Crippen molar-refractivity contribution in [3.8, 4) is 0 Å². The molecule has 8 rings (SSSR count). The van der Waals surface area contributed by atoms with Gasteiger partial charge in [-0.25, -0.2) is 9.97 Å². The Morgan fingerprint density at radius 1 is 0.674 bits per heavy atom. The van der Waals surface area contributed by atoms with E-state index in [1.807, 2.05) is 0 Å². The van der Waals surface area contributed by atoms with Gasteiger partial charge in [0, 0.05) is 55.1 Å². The van der Waals surface area contributed by atoms with Crippen LogP contribution in [0.1, 0.15) is 72.3 Å². The molecule has 1 saturated carbocycles. The summed E-state index contributed by atoms with van der Waals surface area (Å²) in [5.74, 6) is -3.09. The summed E-state index contributed by atoms with van der Waals surface area (Å²) in [6, 6.07) is 11.9. The van der Waals surface area contributed by atoms with E-state index in [0.717, 1.165) is 0 Å².